The first kappa shape index (κ1) is 22.2. The molecule has 1 aromatic carbocycles. The number of benzene rings is 1. The van der Waals surface area contributed by atoms with E-state index >= 15 is 0 Å². The summed E-state index contributed by atoms with van der Waals surface area (Å²) in [6, 6.07) is 10.5. The Balaban J connectivity index is 1.21. The summed E-state index contributed by atoms with van der Waals surface area (Å²) >= 11 is 5.91. The molecule has 0 unspecified atom stereocenters. The molecule has 0 saturated carbocycles. The third-order valence-electron chi connectivity index (χ3n) is 5.37. The average molecular weight is 489 g/mol. The molecule has 4 aromatic rings. The predicted molar refractivity (Wildman–Crippen MR) is 119 cm³/mol. The van der Waals surface area contributed by atoms with Crippen molar-refractivity contribution in [3.05, 3.63) is 53.0 Å². The van der Waals surface area contributed by atoms with E-state index in [2.05, 4.69) is 20.1 Å². The number of fused-ring (bicyclic) bond motifs is 1. The number of amides is 1. The summed E-state index contributed by atoms with van der Waals surface area (Å²) in [6.07, 6.45) is -0.629. The number of pyridine rings is 1. The van der Waals surface area contributed by atoms with Gasteiger partial charge >= 0.3 is 0 Å². The number of hydrogen-bond donors (Lipinski definition) is 0. The number of hydrogen-bond acceptors (Lipinski definition) is 8. The molecular formula is C22H19ClF2N6O3. The van der Waals surface area contributed by atoms with Crippen molar-refractivity contribution in [2.24, 2.45) is 0 Å². The molecule has 1 aliphatic heterocycles. The second-order valence-corrected chi connectivity index (χ2v) is 8.45. The maximum Gasteiger partial charge on any atom is 0.300 e. The zero-order valence-electron chi connectivity index (χ0n) is 18.0. The van der Waals surface area contributed by atoms with Crippen LogP contribution < -0.4 is 4.90 Å². The molecule has 0 spiro atoms. The Hall–Kier alpha value is -3.60. The number of oxazole rings is 1. The van der Waals surface area contributed by atoms with Crippen LogP contribution >= 0.6 is 11.6 Å². The fraction of sp³-hybridized carbons (Fsp3) is 0.318. The summed E-state index contributed by atoms with van der Waals surface area (Å²) in [7, 11) is 0. The first-order valence-corrected chi connectivity index (χ1v) is 10.9. The highest BCUT2D eigenvalue weighted by Crippen LogP contribution is 2.24. The molecule has 5 rings (SSSR count). The first-order chi connectivity index (χ1) is 16.2. The number of carbonyl (C=O) groups is 1. The smallest absolute Gasteiger partial charge is 0.300 e. The van der Waals surface area contributed by atoms with Gasteiger partial charge in [-0.15, -0.1) is 0 Å². The molecule has 1 saturated heterocycles. The number of nitrogens with zero attached hydrogens (tertiary/aromatic N) is 6. The van der Waals surface area contributed by atoms with Crippen molar-refractivity contribution >= 4 is 34.8 Å². The van der Waals surface area contributed by atoms with E-state index in [1.807, 2.05) is 4.90 Å². The second kappa shape index (κ2) is 8.64. The minimum Gasteiger partial charge on any atom is -0.422 e. The van der Waals surface area contributed by atoms with Crippen molar-refractivity contribution in [1.82, 2.24) is 25.0 Å². The molecule has 1 amide bonds. The Bertz CT molecular complexity index is 1330. The molecule has 0 atom stereocenters. The minimum atomic E-state index is -2.94. The van der Waals surface area contributed by atoms with Gasteiger partial charge in [-0.05, 0) is 31.2 Å². The Morgan fingerprint density at radius 1 is 1.06 bits per heavy atom. The zero-order chi connectivity index (χ0) is 23.9. The van der Waals surface area contributed by atoms with Gasteiger partial charge in [0.1, 0.15) is 5.15 Å². The van der Waals surface area contributed by atoms with Gasteiger partial charge in [0, 0.05) is 37.3 Å². The first-order valence-electron chi connectivity index (χ1n) is 10.5. The Morgan fingerprint density at radius 3 is 2.50 bits per heavy atom. The van der Waals surface area contributed by atoms with Gasteiger partial charge in [0.2, 0.25) is 17.4 Å². The van der Waals surface area contributed by atoms with E-state index in [0.29, 0.717) is 59.7 Å². The number of halogens is 3. The van der Waals surface area contributed by atoms with Gasteiger partial charge in [0.05, 0.1) is 6.42 Å². The highest BCUT2D eigenvalue weighted by Gasteiger charge is 2.27. The van der Waals surface area contributed by atoms with Crippen LogP contribution in [0.15, 0.2) is 45.3 Å². The van der Waals surface area contributed by atoms with Gasteiger partial charge in [-0.2, -0.15) is 9.97 Å². The minimum absolute atomic E-state index is 0.114. The Labute approximate surface area is 197 Å². The van der Waals surface area contributed by atoms with Gasteiger partial charge in [-0.25, -0.2) is 13.8 Å². The monoisotopic (exact) mass is 488 g/mol. The third-order valence-corrected chi connectivity index (χ3v) is 5.58. The molecule has 1 aliphatic rings. The molecule has 0 radical (unpaired) electrons. The van der Waals surface area contributed by atoms with E-state index in [1.54, 1.807) is 41.3 Å². The number of piperazine rings is 1. The Morgan fingerprint density at radius 2 is 1.79 bits per heavy atom. The third kappa shape index (κ3) is 4.69. The van der Waals surface area contributed by atoms with E-state index in [9.17, 15) is 13.6 Å². The molecule has 12 heteroatoms. The van der Waals surface area contributed by atoms with E-state index in [-0.39, 0.29) is 17.6 Å². The predicted octanol–water partition coefficient (Wildman–Crippen LogP) is 4.09. The summed E-state index contributed by atoms with van der Waals surface area (Å²) in [4.78, 5) is 29.2. The van der Waals surface area contributed by atoms with Crippen molar-refractivity contribution in [2.75, 3.05) is 31.1 Å². The standard InChI is InChI=1S/C22H19ClF2N6O3/c1-22(24,25)12-17-27-18(29-34-17)13-2-4-14(5-3-13)20(32)30-8-10-31(11-9-30)21-28-19-15(33-21)6-7-16(23)26-19/h2-7H,8-12H2,1H3. The van der Waals surface area contributed by atoms with Crippen LogP contribution in [0.2, 0.25) is 5.15 Å². The number of anilines is 1. The van der Waals surface area contributed by atoms with Crippen molar-refractivity contribution in [2.45, 2.75) is 19.3 Å². The maximum absolute atomic E-state index is 13.1. The molecule has 34 heavy (non-hydrogen) atoms. The van der Waals surface area contributed by atoms with Crippen LogP contribution in [0.1, 0.15) is 23.2 Å². The normalized spacial score (nSPS) is 14.7. The van der Waals surface area contributed by atoms with Crippen molar-refractivity contribution in [1.29, 1.82) is 0 Å². The summed E-state index contributed by atoms with van der Waals surface area (Å²) < 4.78 is 36.9. The number of rotatable bonds is 5. The van der Waals surface area contributed by atoms with E-state index < -0.39 is 12.3 Å². The highest BCUT2D eigenvalue weighted by atomic mass is 35.5. The summed E-state index contributed by atoms with van der Waals surface area (Å²) in [5.74, 6) is -2.99. The lowest BCUT2D eigenvalue weighted by molar-refractivity contribution is 0.0149. The number of alkyl halides is 2. The summed E-state index contributed by atoms with van der Waals surface area (Å²) in [5.41, 5.74) is 2.07. The van der Waals surface area contributed by atoms with Gasteiger partial charge in [0.25, 0.3) is 17.8 Å². The molecule has 176 valence electrons. The van der Waals surface area contributed by atoms with Gasteiger partial charge in [-0.3, -0.25) is 4.79 Å². The number of aromatic nitrogens is 4. The highest BCUT2D eigenvalue weighted by molar-refractivity contribution is 6.29. The topological polar surface area (TPSA) is 101 Å². The number of carbonyl (C=O) groups excluding carboxylic acids is 1. The van der Waals surface area contributed by atoms with E-state index in [4.69, 9.17) is 20.5 Å². The van der Waals surface area contributed by atoms with Crippen LogP contribution in [0.3, 0.4) is 0 Å². The van der Waals surface area contributed by atoms with Crippen LogP contribution in [0.5, 0.6) is 0 Å². The van der Waals surface area contributed by atoms with E-state index in [1.165, 1.54) is 0 Å². The van der Waals surface area contributed by atoms with Gasteiger partial charge in [-0.1, -0.05) is 28.9 Å². The molecule has 3 aromatic heterocycles. The lowest BCUT2D eigenvalue weighted by Gasteiger charge is -2.33. The van der Waals surface area contributed by atoms with Crippen LogP contribution in [0.25, 0.3) is 22.6 Å². The fourth-order valence-electron chi connectivity index (χ4n) is 3.67. The van der Waals surface area contributed by atoms with E-state index in [0.717, 1.165) is 6.92 Å². The van der Waals surface area contributed by atoms with Crippen molar-refractivity contribution < 1.29 is 22.5 Å². The molecule has 0 aliphatic carbocycles. The average Bonchev–Trinajstić information content (AvgIpc) is 3.44. The van der Waals surface area contributed by atoms with Gasteiger partial charge < -0.3 is 18.7 Å². The van der Waals surface area contributed by atoms with Crippen molar-refractivity contribution in [3.63, 3.8) is 0 Å². The van der Waals surface area contributed by atoms with Crippen LogP contribution in [-0.4, -0.2) is 63.0 Å². The summed E-state index contributed by atoms with van der Waals surface area (Å²) in [5, 5.41) is 4.09. The quantitative estimate of drug-likeness (QED) is 0.387. The lowest BCUT2D eigenvalue weighted by atomic mass is 10.1. The molecule has 0 N–H and O–H groups in total. The molecule has 1 fully saturated rings. The largest absolute Gasteiger partial charge is 0.422 e. The lowest BCUT2D eigenvalue weighted by Crippen LogP contribution is -2.48. The fourth-order valence-corrected chi connectivity index (χ4v) is 3.82. The van der Waals surface area contributed by atoms with Crippen LogP contribution in [-0.2, 0) is 6.42 Å². The molecular weight excluding hydrogens is 470 g/mol. The maximum atomic E-state index is 13.1. The molecule has 9 nitrogen and oxygen atoms in total. The van der Waals surface area contributed by atoms with Gasteiger partial charge in [0.15, 0.2) is 5.58 Å². The zero-order valence-corrected chi connectivity index (χ0v) is 18.8. The molecule has 0 bridgehead atoms. The Kier molecular flexibility index (Phi) is 5.64. The van der Waals surface area contributed by atoms with Crippen molar-refractivity contribution in [3.8, 4) is 11.4 Å². The SMILES string of the molecule is CC(F)(F)Cc1nc(-c2ccc(C(=O)N3CCN(c4nc5nc(Cl)ccc5o4)CC3)cc2)no1. The van der Waals surface area contributed by atoms with Crippen LogP contribution in [0.4, 0.5) is 14.8 Å². The molecule has 4 heterocycles. The van der Waals surface area contributed by atoms with Crippen LogP contribution in [0, 0.1) is 0 Å². The second-order valence-electron chi connectivity index (χ2n) is 8.07. The summed E-state index contributed by atoms with van der Waals surface area (Å²) in [6.45, 7) is 2.88.